The zero-order chi connectivity index (χ0) is 12.7. The SMILES string of the molecule is C#CCCCCNC(=O)c1cc(Br)ccc1N. The van der Waals surface area contributed by atoms with Crippen molar-refractivity contribution in [2.24, 2.45) is 0 Å². The number of carbonyl (C=O) groups excluding carboxylic acids is 1. The molecular weight excluding hydrogens is 280 g/mol. The average molecular weight is 295 g/mol. The Kier molecular flexibility index (Phi) is 5.58. The Hall–Kier alpha value is -1.47. The van der Waals surface area contributed by atoms with Gasteiger partial charge in [-0.05, 0) is 31.0 Å². The molecule has 0 aromatic heterocycles. The summed E-state index contributed by atoms with van der Waals surface area (Å²) in [5.41, 5.74) is 6.71. The number of terminal acetylenes is 1. The van der Waals surface area contributed by atoms with Crippen LogP contribution in [0.3, 0.4) is 0 Å². The van der Waals surface area contributed by atoms with Gasteiger partial charge in [-0.3, -0.25) is 4.79 Å². The molecule has 4 heteroatoms. The van der Waals surface area contributed by atoms with Gasteiger partial charge in [-0.1, -0.05) is 15.9 Å². The molecule has 1 aromatic rings. The van der Waals surface area contributed by atoms with E-state index in [1.807, 2.05) is 0 Å². The lowest BCUT2D eigenvalue weighted by Gasteiger charge is -2.07. The number of nitrogens with two attached hydrogens (primary N) is 1. The average Bonchev–Trinajstić information content (AvgIpc) is 2.32. The molecule has 1 aromatic carbocycles. The number of rotatable bonds is 5. The van der Waals surface area contributed by atoms with E-state index in [4.69, 9.17) is 12.2 Å². The molecule has 0 saturated heterocycles. The lowest BCUT2D eigenvalue weighted by atomic mass is 10.1. The van der Waals surface area contributed by atoms with Crippen molar-refractivity contribution in [3.05, 3.63) is 28.2 Å². The second-order valence-corrected chi connectivity index (χ2v) is 4.56. The van der Waals surface area contributed by atoms with Gasteiger partial charge in [0, 0.05) is 23.1 Å². The van der Waals surface area contributed by atoms with Gasteiger partial charge in [0.1, 0.15) is 0 Å². The normalized spacial score (nSPS) is 9.65. The molecule has 1 amide bonds. The highest BCUT2D eigenvalue weighted by atomic mass is 79.9. The Balaban J connectivity index is 2.47. The van der Waals surface area contributed by atoms with Crippen LogP contribution in [-0.4, -0.2) is 12.5 Å². The number of halogens is 1. The van der Waals surface area contributed by atoms with Gasteiger partial charge < -0.3 is 11.1 Å². The van der Waals surface area contributed by atoms with Crippen molar-refractivity contribution in [1.82, 2.24) is 5.32 Å². The van der Waals surface area contributed by atoms with Crippen LogP contribution < -0.4 is 11.1 Å². The van der Waals surface area contributed by atoms with Gasteiger partial charge in [-0.25, -0.2) is 0 Å². The van der Waals surface area contributed by atoms with Crippen molar-refractivity contribution < 1.29 is 4.79 Å². The summed E-state index contributed by atoms with van der Waals surface area (Å²) in [5.74, 6) is 2.42. The van der Waals surface area contributed by atoms with Gasteiger partial charge in [-0.2, -0.15) is 0 Å². The van der Waals surface area contributed by atoms with Crippen molar-refractivity contribution in [1.29, 1.82) is 0 Å². The van der Waals surface area contributed by atoms with Crippen molar-refractivity contribution in [3.8, 4) is 12.3 Å². The Bertz CT molecular complexity index is 438. The molecule has 3 N–H and O–H groups in total. The van der Waals surface area contributed by atoms with E-state index in [0.717, 1.165) is 23.7 Å². The summed E-state index contributed by atoms with van der Waals surface area (Å²) in [4.78, 5) is 11.8. The number of carbonyl (C=O) groups is 1. The van der Waals surface area contributed by atoms with E-state index in [9.17, 15) is 4.79 Å². The summed E-state index contributed by atoms with van der Waals surface area (Å²) in [6.07, 6.45) is 7.68. The summed E-state index contributed by atoms with van der Waals surface area (Å²) in [7, 11) is 0. The summed E-state index contributed by atoms with van der Waals surface area (Å²) < 4.78 is 0.837. The third-order valence-electron chi connectivity index (χ3n) is 2.29. The number of benzene rings is 1. The van der Waals surface area contributed by atoms with Crippen LogP contribution in [0.5, 0.6) is 0 Å². The molecule has 0 aliphatic heterocycles. The summed E-state index contributed by atoms with van der Waals surface area (Å²) in [6, 6.07) is 5.22. The van der Waals surface area contributed by atoms with Crippen molar-refractivity contribution >= 4 is 27.5 Å². The van der Waals surface area contributed by atoms with Crippen LogP contribution in [-0.2, 0) is 0 Å². The molecule has 0 atom stereocenters. The molecule has 0 bridgehead atoms. The van der Waals surface area contributed by atoms with Crippen molar-refractivity contribution in [2.75, 3.05) is 12.3 Å². The van der Waals surface area contributed by atoms with Gasteiger partial charge >= 0.3 is 0 Å². The Morgan fingerprint density at radius 3 is 2.94 bits per heavy atom. The third kappa shape index (κ3) is 4.49. The summed E-state index contributed by atoms with van der Waals surface area (Å²) in [6.45, 7) is 0.618. The first-order valence-corrected chi connectivity index (χ1v) is 6.21. The number of hydrogen-bond acceptors (Lipinski definition) is 2. The molecule has 0 radical (unpaired) electrons. The number of hydrogen-bond donors (Lipinski definition) is 2. The van der Waals surface area contributed by atoms with E-state index in [0.29, 0.717) is 17.8 Å². The lowest BCUT2D eigenvalue weighted by molar-refractivity contribution is 0.0954. The van der Waals surface area contributed by atoms with E-state index in [2.05, 4.69) is 27.2 Å². The molecule has 90 valence electrons. The van der Waals surface area contributed by atoms with Gasteiger partial charge in [0.05, 0.1) is 5.56 Å². The van der Waals surface area contributed by atoms with Crippen molar-refractivity contribution in [3.63, 3.8) is 0 Å². The fourth-order valence-electron chi connectivity index (χ4n) is 1.37. The van der Waals surface area contributed by atoms with Crippen LogP contribution in [0.15, 0.2) is 22.7 Å². The third-order valence-corrected chi connectivity index (χ3v) is 2.79. The predicted molar refractivity (Wildman–Crippen MR) is 73.6 cm³/mol. The van der Waals surface area contributed by atoms with Crippen LogP contribution in [0.1, 0.15) is 29.6 Å². The topological polar surface area (TPSA) is 55.1 Å². The highest BCUT2D eigenvalue weighted by Gasteiger charge is 2.09. The Morgan fingerprint density at radius 2 is 2.24 bits per heavy atom. The van der Waals surface area contributed by atoms with E-state index in [1.165, 1.54) is 0 Å². The second-order valence-electron chi connectivity index (χ2n) is 3.65. The van der Waals surface area contributed by atoms with Gasteiger partial charge in [0.2, 0.25) is 0 Å². The van der Waals surface area contributed by atoms with E-state index in [1.54, 1.807) is 18.2 Å². The van der Waals surface area contributed by atoms with Gasteiger partial charge in [0.15, 0.2) is 0 Å². The molecule has 3 nitrogen and oxygen atoms in total. The highest BCUT2D eigenvalue weighted by molar-refractivity contribution is 9.10. The first-order valence-electron chi connectivity index (χ1n) is 5.42. The quantitative estimate of drug-likeness (QED) is 0.498. The van der Waals surface area contributed by atoms with Crippen LogP contribution in [0.25, 0.3) is 0 Å². The lowest BCUT2D eigenvalue weighted by Crippen LogP contribution is -2.25. The molecule has 0 heterocycles. The number of anilines is 1. The molecule has 0 saturated carbocycles. The molecule has 17 heavy (non-hydrogen) atoms. The first kappa shape index (κ1) is 13.6. The molecule has 0 aliphatic rings. The molecule has 0 unspecified atom stereocenters. The van der Waals surface area contributed by atoms with Gasteiger partial charge in [0.25, 0.3) is 5.91 Å². The monoisotopic (exact) mass is 294 g/mol. The molecule has 0 fully saturated rings. The van der Waals surface area contributed by atoms with E-state index in [-0.39, 0.29) is 5.91 Å². The fraction of sp³-hybridized carbons (Fsp3) is 0.308. The number of nitrogen functional groups attached to an aromatic ring is 1. The minimum atomic E-state index is -0.149. The summed E-state index contributed by atoms with van der Waals surface area (Å²) >= 11 is 3.31. The fourth-order valence-corrected chi connectivity index (χ4v) is 1.74. The van der Waals surface area contributed by atoms with Crippen LogP contribution in [0.2, 0.25) is 0 Å². The molecular formula is C13H15BrN2O. The molecule has 1 rings (SSSR count). The predicted octanol–water partition coefficient (Wildman–Crippen LogP) is 2.56. The number of amides is 1. The van der Waals surface area contributed by atoms with Crippen LogP contribution in [0, 0.1) is 12.3 Å². The van der Waals surface area contributed by atoms with Gasteiger partial charge in [-0.15, -0.1) is 12.3 Å². The van der Waals surface area contributed by atoms with E-state index >= 15 is 0 Å². The maximum Gasteiger partial charge on any atom is 0.253 e. The Morgan fingerprint density at radius 1 is 1.47 bits per heavy atom. The molecule has 0 aliphatic carbocycles. The largest absolute Gasteiger partial charge is 0.398 e. The zero-order valence-corrected chi connectivity index (χ0v) is 11.1. The first-order chi connectivity index (χ1) is 8.15. The maximum absolute atomic E-state index is 11.8. The standard InChI is InChI=1S/C13H15BrN2O/c1-2-3-4-5-8-16-13(17)11-9-10(14)6-7-12(11)15/h1,6-7,9H,3-5,8,15H2,(H,16,17). The minimum Gasteiger partial charge on any atom is -0.398 e. The van der Waals surface area contributed by atoms with Crippen molar-refractivity contribution in [2.45, 2.75) is 19.3 Å². The number of unbranched alkanes of at least 4 members (excludes halogenated alkanes) is 2. The smallest absolute Gasteiger partial charge is 0.253 e. The second kappa shape index (κ2) is 6.97. The number of nitrogens with one attached hydrogen (secondary N) is 1. The highest BCUT2D eigenvalue weighted by Crippen LogP contribution is 2.18. The summed E-state index contributed by atoms with van der Waals surface area (Å²) in [5, 5.41) is 2.82. The molecule has 0 spiro atoms. The van der Waals surface area contributed by atoms with Crippen LogP contribution in [0.4, 0.5) is 5.69 Å². The van der Waals surface area contributed by atoms with Crippen LogP contribution >= 0.6 is 15.9 Å². The van der Waals surface area contributed by atoms with E-state index < -0.39 is 0 Å². The maximum atomic E-state index is 11.8. The Labute approximate surface area is 110 Å². The minimum absolute atomic E-state index is 0.149. The zero-order valence-electron chi connectivity index (χ0n) is 9.50.